The molecule has 0 radical (unpaired) electrons. The lowest BCUT2D eigenvalue weighted by Gasteiger charge is -1.89. The lowest BCUT2D eigenvalue weighted by molar-refractivity contribution is 0.617. The van der Waals surface area contributed by atoms with Crippen LogP contribution in [0.5, 0.6) is 0 Å². The van der Waals surface area contributed by atoms with Crippen LogP contribution in [0.1, 0.15) is 0 Å². The highest BCUT2D eigenvalue weighted by atomic mass is 33.1. The predicted octanol–water partition coefficient (Wildman–Crippen LogP) is 0.914. The minimum absolute atomic E-state index is 0.739. The molecular weight excluding hydrogens is 140 g/mol. The van der Waals surface area contributed by atoms with Gasteiger partial charge < -0.3 is 4.55 Å². The molecule has 0 bridgehead atoms. The normalized spacial score (nSPS) is 27.0. The van der Waals surface area contributed by atoms with Crippen molar-refractivity contribution in [3.8, 4) is 12.3 Å². The maximum Gasteiger partial charge on any atom is 0.142 e. The van der Waals surface area contributed by atoms with E-state index in [9.17, 15) is 4.55 Å². The van der Waals surface area contributed by atoms with Gasteiger partial charge in [0.15, 0.2) is 0 Å². The van der Waals surface area contributed by atoms with Gasteiger partial charge in [-0.15, -0.1) is 6.42 Å². The topological polar surface area (TPSA) is 23.1 Å². The molecule has 0 saturated carbocycles. The van der Waals surface area contributed by atoms with Crippen molar-refractivity contribution in [3.63, 3.8) is 0 Å². The van der Waals surface area contributed by atoms with Gasteiger partial charge in [-0.3, -0.25) is 0 Å². The standard InChI is InChI=1S/C5H4OS2/c1-2-5-3-7-8(6)4-5/h1,4H,3H2. The van der Waals surface area contributed by atoms with Crippen LogP contribution in [0.4, 0.5) is 0 Å². The minimum Gasteiger partial charge on any atom is -0.601 e. The monoisotopic (exact) mass is 144 g/mol. The van der Waals surface area contributed by atoms with E-state index in [1.54, 1.807) is 5.41 Å². The van der Waals surface area contributed by atoms with Crippen LogP contribution < -0.4 is 0 Å². The minimum atomic E-state index is -0.841. The van der Waals surface area contributed by atoms with Crippen molar-refractivity contribution < 1.29 is 4.55 Å². The summed E-state index contributed by atoms with van der Waals surface area (Å²) in [6, 6.07) is 0. The molecule has 1 unspecified atom stereocenters. The molecule has 0 aromatic rings. The Morgan fingerprint density at radius 3 is 3.00 bits per heavy atom. The fourth-order valence-corrected chi connectivity index (χ4v) is 2.63. The quantitative estimate of drug-likeness (QED) is 0.286. The van der Waals surface area contributed by atoms with Crippen molar-refractivity contribution in [2.24, 2.45) is 0 Å². The smallest absolute Gasteiger partial charge is 0.142 e. The van der Waals surface area contributed by atoms with Crippen LogP contribution in [0.2, 0.25) is 0 Å². The first-order chi connectivity index (χ1) is 3.83. The molecule has 1 heterocycles. The Morgan fingerprint density at radius 2 is 2.75 bits per heavy atom. The second-order valence-electron chi connectivity index (χ2n) is 1.31. The molecule has 3 heteroatoms. The third-order valence-electron chi connectivity index (χ3n) is 0.754. The zero-order valence-corrected chi connectivity index (χ0v) is 5.72. The second kappa shape index (κ2) is 2.49. The van der Waals surface area contributed by atoms with Gasteiger partial charge in [-0.05, 0) is 0 Å². The highest BCUT2D eigenvalue weighted by Gasteiger charge is 2.16. The summed E-state index contributed by atoms with van der Waals surface area (Å²) in [7, 11) is 0.526. The van der Waals surface area contributed by atoms with Gasteiger partial charge in [0, 0.05) is 0 Å². The maximum atomic E-state index is 10.5. The Hall–Kier alpha value is -0.0400. The first-order valence-electron chi connectivity index (χ1n) is 2.04. The van der Waals surface area contributed by atoms with Gasteiger partial charge in [0.1, 0.15) is 16.2 Å². The van der Waals surface area contributed by atoms with Crippen molar-refractivity contribution in [3.05, 3.63) is 11.0 Å². The first kappa shape index (κ1) is 6.09. The van der Waals surface area contributed by atoms with Crippen molar-refractivity contribution in [1.29, 1.82) is 0 Å². The van der Waals surface area contributed by atoms with Crippen LogP contribution in [-0.4, -0.2) is 10.3 Å². The van der Waals surface area contributed by atoms with Gasteiger partial charge in [-0.25, -0.2) is 0 Å². The molecule has 0 fully saturated rings. The molecule has 0 aromatic heterocycles. The predicted molar refractivity (Wildman–Crippen MR) is 37.5 cm³/mol. The van der Waals surface area contributed by atoms with Crippen LogP contribution in [0.3, 0.4) is 0 Å². The Labute approximate surface area is 55.1 Å². The van der Waals surface area contributed by atoms with Gasteiger partial charge in [0.05, 0.1) is 21.5 Å². The van der Waals surface area contributed by atoms with E-state index >= 15 is 0 Å². The van der Waals surface area contributed by atoms with E-state index < -0.39 is 10.2 Å². The average molecular weight is 144 g/mol. The summed E-state index contributed by atoms with van der Waals surface area (Å²) in [4.78, 5) is 0. The third kappa shape index (κ3) is 1.22. The molecule has 0 aliphatic carbocycles. The Kier molecular flexibility index (Phi) is 1.90. The Bertz CT molecular complexity index is 156. The van der Waals surface area contributed by atoms with Crippen molar-refractivity contribution in [2.45, 2.75) is 0 Å². The summed E-state index contributed by atoms with van der Waals surface area (Å²) in [6.07, 6.45) is 5.03. The van der Waals surface area contributed by atoms with E-state index in [4.69, 9.17) is 6.42 Å². The molecule has 42 valence electrons. The van der Waals surface area contributed by atoms with Gasteiger partial charge >= 0.3 is 0 Å². The zero-order valence-electron chi connectivity index (χ0n) is 4.09. The molecule has 1 aliphatic heterocycles. The van der Waals surface area contributed by atoms with E-state index in [0.717, 1.165) is 11.3 Å². The third-order valence-corrected chi connectivity index (χ3v) is 3.23. The van der Waals surface area contributed by atoms with E-state index in [1.165, 1.54) is 10.8 Å². The maximum absolute atomic E-state index is 10.5. The van der Waals surface area contributed by atoms with Crippen LogP contribution in [0.25, 0.3) is 0 Å². The highest BCUT2D eigenvalue weighted by molar-refractivity contribution is 8.73. The van der Waals surface area contributed by atoms with Gasteiger partial charge in [0.2, 0.25) is 0 Å². The van der Waals surface area contributed by atoms with Gasteiger partial charge in [-0.2, -0.15) is 0 Å². The van der Waals surface area contributed by atoms with Crippen molar-refractivity contribution >= 4 is 21.0 Å². The molecule has 0 amide bonds. The molecule has 1 aliphatic rings. The largest absolute Gasteiger partial charge is 0.601 e. The molecule has 0 spiro atoms. The summed E-state index contributed by atoms with van der Waals surface area (Å²) in [5.74, 6) is 3.18. The summed E-state index contributed by atoms with van der Waals surface area (Å²) >= 11 is 0. The second-order valence-corrected chi connectivity index (χ2v) is 4.28. The fourth-order valence-electron chi connectivity index (χ4n) is 0.381. The first-order valence-corrected chi connectivity index (χ1v) is 4.75. The summed E-state index contributed by atoms with van der Waals surface area (Å²) in [5.41, 5.74) is 0.855. The van der Waals surface area contributed by atoms with Gasteiger partial charge in [-0.1, -0.05) is 5.92 Å². The molecule has 8 heavy (non-hydrogen) atoms. The number of rotatable bonds is 0. The molecule has 1 nitrogen and oxygen atoms in total. The summed E-state index contributed by atoms with van der Waals surface area (Å²) < 4.78 is 10.5. The highest BCUT2D eigenvalue weighted by Crippen LogP contribution is 2.25. The Morgan fingerprint density at radius 1 is 2.00 bits per heavy atom. The van der Waals surface area contributed by atoms with Gasteiger partial charge in [0.25, 0.3) is 0 Å². The van der Waals surface area contributed by atoms with Crippen molar-refractivity contribution in [2.75, 3.05) is 5.75 Å². The lowest BCUT2D eigenvalue weighted by atomic mass is 10.4. The molecular formula is C5H4OS2. The SMILES string of the molecule is C#CC1=C[S+]([O-])SC1. The molecule has 0 aromatic carbocycles. The van der Waals surface area contributed by atoms with E-state index in [2.05, 4.69) is 5.92 Å². The Balaban J connectivity index is 2.61. The summed E-state index contributed by atoms with van der Waals surface area (Å²) in [5, 5.41) is 1.62. The molecule has 0 saturated heterocycles. The van der Waals surface area contributed by atoms with E-state index in [0.29, 0.717) is 0 Å². The number of terminal acetylenes is 1. The molecule has 1 atom stereocenters. The number of hydrogen-bond donors (Lipinski definition) is 0. The molecule has 1 rings (SSSR count). The van der Waals surface area contributed by atoms with Crippen LogP contribution in [-0.2, 0) is 10.2 Å². The van der Waals surface area contributed by atoms with E-state index in [-0.39, 0.29) is 0 Å². The van der Waals surface area contributed by atoms with Crippen LogP contribution in [0, 0.1) is 12.3 Å². The molecule has 0 N–H and O–H groups in total. The van der Waals surface area contributed by atoms with Crippen LogP contribution >= 0.6 is 10.8 Å². The fraction of sp³-hybridized carbons (Fsp3) is 0.200. The van der Waals surface area contributed by atoms with Crippen molar-refractivity contribution in [1.82, 2.24) is 0 Å². The van der Waals surface area contributed by atoms with E-state index in [1.807, 2.05) is 0 Å². The van der Waals surface area contributed by atoms with Crippen LogP contribution in [0.15, 0.2) is 11.0 Å². The lowest BCUT2D eigenvalue weighted by Crippen LogP contribution is -1.77. The average Bonchev–Trinajstić information content (AvgIpc) is 2.14. The number of hydrogen-bond acceptors (Lipinski definition) is 2. The summed E-state index contributed by atoms with van der Waals surface area (Å²) in [6.45, 7) is 0. The zero-order chi connectivity index (χ0) is 5.98.